The van der Waals surface area contributed by atoms with Crippen molar-refractivity contribution in [2.75, 3.05) is 13.1 Å². The van der Waals surface area contributed by atoms with E-state index in [0.29, 0.717) is 14.8 Å². The highest BCUT2D eigenvalue weighted by atomic mass is 32.3. The summed E-state index contributed by atoms with van der Waals surface area (Å²) in [5.41, 5.74) is 6.53. The minimum atomic E-state index is -4.04. The topological polar surface area (TPSA) is 97.5 Å². The Morgan fingerprint density at radius 1 is 0.720 bits per heavy atom. The molecule has 0 saturated heterocycles. The highest BCUT2D eigenvalue weighted by Gasteiger charge is 2.33. The normalized spacial score (nSPS) is 12.4. The molecule has 0 spiro atoms. The van der Waals surface area contributed by atoms with E-state index < -0.39 is 20.0 Å². The van der Waals surface area contributed by atoms with Crippen molar-refractivity contribution in [1.29, 1.82) is 0 Å². The Hall–Kier alpha value is -1.74. The molecule has 0 fully saturated rings. The summed E-state index contributed by atoms with van der Waals surface area (Å²) >= 11 is 0. The van der Waals surface area contributed by atoms with Gasteiger partial charge < -0.3 is 5.73 Å². The Kier molecular flexibility index (Phi) is 6.71. The molecular formula is C17H22N2O4S2. The second-order valence-corrected chi connectivity index (χ2v) is 9.64. The Morgan fingerprint density at radius 2 is 1.12 bits per heavy atom. The van der Waals surface area contributed by atoms with Gasteiger partial charge in [-0.3, -0.25) is 0 Å². The average molecular weight is 383 g/mol. The van der Waals surface area contributed by atoms with Crippen LogP contribution in [0.2, 0.25) is 0 Å². The van der Waals surface area contributed by atoms with E-state index in [2.05, 4.69) is 0 Å². The van der Waals surface area contributed by atoms with E-state index in [1.807, 2.05) is 0 Å². The maximum absolute atomic E-state index is 12.7. The summed E-state index contributed by atoms with van der Waals surface area (Å²) < 4.78 is 51.6. The van der Waals surface area contributed by atoms with Crippen LogP contribution in [0, 0.1) is 0 Å². The van der Waals surface area contributed by atoms with Crippen LogP contribution in [0.1, 0.15) is 17.5 Å². The molecule has 0 aliphatic heterocycles. The van der Waals surface area contributed by atoms with Gasteiger partial charge in [0, 0.05) is 6.54 Å². The third kappa shape index (κ3) is 5.64. The lowest BCUT2D eigenvalue weighted by atomic mass is 10.2. The smallest absolute Gasteiger partial charge is 0.231 e. The van der Waals surface area contributed by atoms with Gasteiger partial charge >= 0.3 is 0 Å². The quantitative estimate of drug-likeness (QED) is 0.712. The Morgan fingerprint density at radius 3 is 1.48 bits per heavy atom. The number of rotatable bonds is 9. The van der Waals surface area contributed by atoms with E-state index in [4.69, 9.17) is 5.73 Å². The molecule has 8 heteroatoms. The van der Waals surface area contributed by atoms with Crippen LogP contribution in [-0.4, -0.2) is 33.6 Å². The van der Waals surface area contributed by atoms with Crippen molar-refractivity contribution in [3.63, 3.8) is 0 Å². The van der Waals surface area contributed by atoms with Crippen molar-refractivity contribution in [1.82, 2.24) is 3.71 Å². The highest BCUT2D eigenvalue weighted by molar-refractivity contribution is 8.03. The second kappa shape index (κ2) is 8.57. The number of hydrogen-bond donors (Lipinski definition) is 1. The predicted octanol–water partition coefficient (Wildman–Crippen LogP) is 1.70. The molecule has 136 valence electrons. The van der Waals surface area contributed by atoms with Gasteiger partial charge in [-0.2, -0.15) is 0 Å². The molecule has 0 aliphatic carbocycles. The second-order valence-electron chi connectivity index (χ2n) is 5.62. The van der Waals surface area contributed by atoms with Crippen LogP contribution in [0.3, 0.4) is 0 Å². The first-order chi connectivity index (χ1) is 11.8. The number of nitrogens with zero attached hydrogens (tertiary/aromatic N) is 1. The SMILES string of the molecule is NCCCN(S(=O)(=O)Cc1ccccc1)S(=O)(=O)Cc1ccccc1. The van der Waals surface area contributed by atoms with Crippen LogP contribution in [0.4, 0.5) is 0 Å². The van der Waals surface area contributed by atoms with Crippen LogP contribution >= 0.6 is 0 Å². The highest BCUT2D eigenvalue weighted by Crippen LogP contribution is 2.19. The maximum atomic E-state index is 12.7. The summed E-state index contributed by atoms with van der Waals surface area (Å²) in [7, 11) is -8.07. The van der Waals surface area contributed by atoms with Crippen molar-refractivity contribution in [2.24, 2.45) is 5.73 Å². The summed E-state index contributed by atoms with van der Waals surface area (Å²) in [4.78, 5) is 0. The fraction of sp³-hybridized carbons (Fsp3) is 0.294. The van der Waals surface area contributed by atoms with Gasteiger partial charge in [0.2, 0.25) is 20.0 Å². The summed E-state index contributed by atoms with van der Waals surface area (Å²) in [6.07, 6.45) is 0.266. The van der Waals surface area contributed by atoms with Gasteiger partial charge in [-0.25, -0.2) is 16.8 Å². The number of sulfonamides is 2. The standard InChI is InChI=1S/C17H22N2O4S2/c18-12-7-13-19(24(20,21)14-16-8-3-1-4-9-16)25(22,23)15-17-10-5-2-6-11-17/h1-6,8-11H,7,12-15,18H2. The summed E-state index contributed by atoms with van der Waals surface area (Å²) in [6.45, 7) is 0.0546. The number of hydrogen-bond acceptors (Lipinski definition) is 5. The summed E-state index contributed by atoms with van der Waals surface area (Å²) in [5, 5.41) is 0. The first-order valence-electron chi connectivity index (χ1n) is 7.86. The fourth-order valence-corrected chi connectivity index (χ4v) is 6.42. The molecule has 0 saturated carbocycles. The molecule has 25 heavy (non-hydrogen) atoms. The van der Waals surface area contributed by atoms with Gasteiger partial charge in [-0.1, -0.05) is 64.4 Å². The first kappa shape index (κ1) is 19.6. The molecule has 2 aromatic carbocycles. The molecule has 2 rings (SSSR count). The third-order valence-electron chi connectivity index (χ3n) is 3.55. The lowest BCUT2D eigenvalue weighted by Crippen LogP contribution is -2.39. The van der Waals surface area contributed by atoms with Gasteiger partial charge in [0.05, 0.1) is 11.5 Å². The van der Waals surface area contributed by atoms with E-state index in [0.717, 1.165) is 0 Å². The zero-order chi connectivity index (χ0) is 18.3. The molecule has 0 radical (unpaired) electrons. The third-order valence-corrected chi connectivity index (χ3v) is 7.91. The van der Waals surface area contributed by atoms with Gasteiger partial charge in [-0.05, 0) is 24.1 Å². The molecule has 0 atom stereocenters. The molecule has 0 heterocycles. The van der Waals surface area contributed by atoms with E-state index in [-0.39, 0.29) is 31.0 Å². The molecule has 0 bridgehead atoms. The van der Waals surface area contributed by atoms with Crippen LogP contribution < -0.4 is 5.73 Å². The summed E-state index contributed by atoms with van der Waals surface area (Å²) in [6, 6.07) is 17.0. The lowest BCUT2D eigenvalue weighted by Gasteiger charge is -2.22. The van der Waals surface area contributed by atoms with E-state index in [1.54, 1.807) is 60.7 Å². The molecule has 2 aromatic rings. The summed E-state index contributed by atoms with van der Waals surface area (Å²) in [5.74, 6) is -0.737. The minimum absolute atomic E-state index is 0.152. The largest absolute Gasteiger partial charge is 0.330 e. The van der Waals surface area contributed by atoms with E-state index in [1.165, 1.54) is 0 Å². The fourth-order valence-electron chi connectivity index (χ4n) is 2.39. The maximum Gasteiger partial charge on any atom is 0.231 e. The molecule has 6 nitrogen and oxygen atoms in total. The Balaban J connectivity index is 2.30. The number of nitrogens with two attached hydrogens (primary N) is 1. The molecule has 0 amide bonds. The van der Waals surface area contributed by atoms with Crippen molar-refractivity contribution in [2.45, 2.75) is 17.9 Å². The van der Waals surface area contributed by atoms with Crippen molar-refractivity contribution < 1.29 is 16.8 Å². The van der Waals surface area contributed by atoms with E-state index >= 15 is 0 Å². The van der Waals surface area contributed by atoms with E-state index in [9.17, 15) is 16.8 Å². The van der Waals surface area contributed by atoms with Gasteiger partial charge in [-0.15, -0.1) is 0 Å². The molecule has 0 aliphatic rings. The lowest BCUT2D eigenvalue weighted by molar-refractivity contribution is 0.490. The van der Waals surface area contributed by atoms with Crippen molar-refractivity contribution in [3.05, 3.63) is 71.8 Å². The Bertz CT molecular complexity index is 796. The monoisotopic (exact) mass is 382 g/mol. The van der Waals surface area contributed by atoms with Gasteiger partial charge in [0.1, 0.15) is 0 Å². The van der Waals surface area contributed by atoms with Crippen LogP contribution in [0.15, 0.2) is 60.7 Å². The molecule has 0 unspecified atom stereocenters. The molecular weight excluding hydrogens is 360 g/mol. The zero-order valence-electron chi connectivity index (χ0n) is 13.8. The van der Waals surface area contributed by atoms with Crippen LogP contribution in [-0.2, 0) is 31.6 Å². The first-order valence-corrected chi connectivity index (χ1v) is 11.1. The average Bonchev–Trinajstić information content (AvgIpc) is 2.55. The van der Waals surface area contributed by atoms with Crippen LogP contribution in [0.5, 0.6) is 0 Å². The molecule has 0 aromatic heterocycles. The molecule has 2 N–H and O–H groups in total. The minimum Gasteiger partial charge on any atom is -0.330 e. The van der Waals surface area contributed by atoms with Gasteiger partial charge in [0.25, 0.3) is 0 Å². The van der Waals surface area contributed by atoms with Crippen LogP contribution in [0.25, 0.3) is 0 Å². The number of benzene rings is 2. The van der Waals surface area contributed by atoms with Crippen molar-refractivity contribution in [3.8, 4) is 0 Å². The van der Waals surface area contributed by atoms with Gasteiger partial charge in [0.15, 0.2) is 0 Å². The van der Waals surface area contributed by atoms with Crippen molar-refractivity contribution >= 4 is 20.0 Å². The predicted molar refractivity (Wildman–Crippen MR) is 98.5 cm³/mol. The Labute approximate surface area is 149 Å². The zero-order valence-corrected chi connectivity index (χ0v) is 15.4.